The Kier molecular flexibility index (Phi) is 3.35. The molecule has 3 fully saturated rings. The van der Waals surface area contributed by atoms with Crippen molar-refractivity contribution in [1.29, 1.82) is 5.26 Å². The van der Waals surface area contributed by atoms with Crippen molar-refractivity contribution in [1.82, 2.24) is 4.90 Å². The Bertz CT molecular complexity index is 391. The lowest BCUT2D eigenvalue weighted by molar-refractivity contribution is -0.138. The first-order valence-electron chi connectivity index (χ1n) is 7.99. The zero-order chi connectivity index (χ0) is 13.5. The lowest BCUT2D eigenvalue weighted by Crippen LogP contribution is -2.58. The maximum absolute atomic E-state index is 11.4. The second-order valence-electron chi connectivity index (χ2n) is 7.02. The SMILES string of the molecule is CCC1CCCC(C#N)(C2(O)CCN3CCC2C3)C1. The molecule has 1 aliphatic carbocycles. The first-order chi connectivity index (χ1) is 9.13. The number of nitriles is 1. The number of rotatable bonds is 2. The average Bonchev–Trinajstić information content (AvgIpc) is 2.88. The number of fused-ring (bicyclic) bond motifs is 2. The molecule has 2 bridgehead atoms. The highest BCUT2D eigenvalue weighted by Gasteiger charge is 2.59. The zero-order valence-corrected chi connectivity index (χ0v) is 12.1. The molecule has 2 heterocycles. The molecule has 5 atom stereocenters. The van der Waals surface area contributed by atoms with Crippen LogP contribution < -0.4 is 0 Å². The Labute approximate surface area is 116 Å². The number of piperidine rings is 1. The van der Waals surface area contributed by atoms with Crippen LogP contribution in [0.4, 0.5) is 0 Å². The molecular weight excluding hydrogens is 236 g/mol. The normalized spacial score (nSPS) is 49.8. The Balaban J connectivity index is 1.90. The van der Waals surface area contributed by atoms with E-state index in [0.29, 0.717) is 11.8 Å². The molecule has 3 rings (SSSR count). The Hall–Kier alpha value is -0.590. The van der Waals surface area contributed by atoms with E-state index >= 15 is 0 Å². The molecule has 2 aliphatic heterocycles. The van der Waals surface area contributed by atoms with Gasteiger partial charge in [0.1, 0.15) is 0 Å². The first kappa shape index (κ1) is 13.4. The first-order valence-corrected chi connectivity index (χ1v) is 7.99. The quantitative estimate of drug-likeness (QED) is 0.832. The van der Waals surface area contributed by atoms with Gasteiger partial charge in [0.25, 0.3) is 0 Å². The monoisotopic (exact) mass is 262 g/mol. The fourth-order valence-corrected chi connectivity index (χ4v) is 4.92. The van der Waals surface area contributed by atoms with Gasteiger partial charge in [-0.25, -0.2) is 0 Å². The highest BCUT2D eigenvalue weighted by molar-refractivity contribution is 5.18. The molecule has 0 aromatic heterocycles. The predicted octanol–water partition coefficient (Wildman–Crippen LogP) is 2.55. The molecule has 3 heteroatoms. The summed E-state index contributed by atoms with van der Waals surface area (Å²) in [6.07, 6.45) is 7.23. The third-order valence-electron chi connectivity index (χ3n) is 6.23. The van der Waals surface area contributed by atoms with Crippen molar-refractivity contribution in [2.24, 2.45) is 17.3 Å². The van der Waals surface area contributed by atoms with Crippen LogP contribution in [0, 0.1) is 28.6 Å². The number of nitrogens with zero attached hydrogens (tertiary/aromatic N) is 2. The molecule has 1 saturated carbocycles. The van der Waals surface area contributed by atoms with Gasteiger partial charge in [0, 0.05) is 19.0 Å². The fourth-order valence-electron chi connectivity index (χ4n) is 4.92. The van der Waals surface area contributed by atoms with E-state index < -0.39 is 11.0 Å². The van der Waals surface area contributed by atoms with Crippen molar-refractivity contribution >= 4 is 0 Å². The molecule has 5 unspecified atom stereocenters. The molecule has 3 nitrogen and oxygen atoms in total. The third kappa shape index (κ3) is 1.92. The summed E-state index contributed by atoms with van der Waals surface area (Å²) in [4.78, 5) is 2.45. The van der Waals surface area contributed by atoms with Crippen LogP contribution in [-0.4, -0.2) is 35.2 Å². The summed E-state index contributed by atoms with van der Waals surface area (Å²) in [5, 5.41) is 21.3. The van der Waals surface area contributed by atoms with Gasteiger partial charge in [0.15, 0.2) is 0 Å². The summed E-state index contributed by atoms with van der Waals surface area (Å²) >= 11 is 0. The van der Waals surface area contributed by atoms with Crippen molar-refractivity contribution in [3.05, 3.63) is 0 Å². The van der Waals surface area contributed by atoms with Crippen LogP contribution in [0.3, 0.4) is 0 Å². The minimum absolute atomic E-state index is 0.330. The van der Waals surface area contributed by atoms with Gasteiger partial charge >= 0.3 is 0 Å². The van der Waals surface area contributed by atoms with E-state index in [4.69, 9.17) is 0 Å². The van der Waals surface area contributed by atoms with Gasteiger partial charge < -0.3 is 10.0 Å². The Morgan fingerprint density at radius 3 is 2.89 bits per heavy atom. The van der Waals surface area contributed by atoms with Gasteiger partial charge in [-0.05, 0) is 38.1 Å². The van der Waals surface area contributed by atoms with Crippen molar-refractivity contribution in [3.8, 4) is 6.07 Å². The summed E-state index contributed by atoms with van der Waals surface area (Å²) in [5.74, 6) is 0.966. The van der Waals surface area contributed by atoms with E-state index in [0.717, 1.165) is 58.2 Å². The van der Waals surface area contributed by atoms with E-state index in [1.807, 2.05) is 0 Å². The van der Waals surface area contributed by atoms with E-state index in [-0.39, 0.29) is 0 Å². The summed E-state index contributed by atoms with van der Waals surface area (Å²) in [6.45, 7) is 5.33. The van der Waals surface area contributed by atoms with Gasteiger partial charge in [-0.2, -0.15) is 5.26 Å². The minimum atomic E-state index is -0.720. The summed E-state index contributed by atoms with van der Waals surface area (Å²) in [5.41, 5.74) is -1.18. The molecule has 0 spiro atoms. The van der Waals surface area contributed by atoms with Crippen LogP contribution in [-0.2, 0) is 0 Å². The molecule has 19 heavy (non-hydrogen) atoms. The molecular formula is C16H26N2O. The van der Waals surface area contributed by atoms with Crippen LogP contribution >= 0.6 is 0 Å². The van der Waals surface area contributed by atoms with Crippen molar-refractivity contribution in [2.45, 2.75) is 57.5 Å². The Morgan fingerprint density at radius 1 is 1.32 bits per heavy atom. The van der Waals surface area contributed by atoms with Gasteiger partial charge in [0.05, 0.1) is 17.1 Å². The van der Waals surface area contributed by atoms with E-state index in [1.165, 1.54) is 6.42 Å². The van der Waals surface area contributed by atoms with Crippen molar-refractivity contribution in [3.63, 3.8) is 0 Å². The molecule has 1 N–H and O–H groups in total. The summed E-state index contributed by atoms with van der Waals surface area (Å²) in [7, 11) is 0. The zero-order valence-electron chi connectivity index (χ0n) is 12.1. The molecule has 3 aliphatic rings. The van der Waals surface area contributed by atoms with Gasteiger partial charge in [0.2, 0.25) is 0 Å². The predicted molar refractivity (Wildman–Crippen MR) is 74.4 cm³/mol. The van der Waals surface area contributed by atoms with Crippen molar-refractivity contribution in [2.75, 3.05) is 19.6 Å². The van der Waals surface area contributed by atoms with E-state index in [1.54, 1.807) is 0 Å². The summed E-state index contributed by atoms with van der Waals surface area (Å²) in [6, 6.07) is 2.61. The maximum Gasteiger partial charge on any atom is 0.0886 e. The van der Waals surface area contributed by atoms with Gasteiger partial charge in [-0.1, -0.05) is 26.2 Å². The minimum Gasteiger partial charge on any atom is -0.388 e. The largest absolute Gasteiger partial charge is 0.388 e. The Morgan fingerprint density at radius 2 is 2.16 bits per heavy atom. The number of aliphatic hydroxyl groups is 1. The van der Waals surface area contributed by atoms with Crippen LogP contribution in [0.15, 0.2) is 0 Å². The third-order valence-corrected chi connectivity index (χ3v) is 6.23. The average molecular weight is 262 g/mol. The summed E-state index contributed by atoms with van der Waals surface area (Å²) < 4.78 is 0. The second kappa shape index (κ2) is 4.75. The smallest absolute Gasteiger partial charge is 0.0886 e. The second-order valence-corrected chi connectivity index (χ2v) is 7.02. The van der Waals surface area contributed by atoms with Crippen LogP contribution in [0.2, 0.25) is 0 Å². The standard InChI is InChI=1S/C16H26N2O/c1-2-13-4-3-6-15(10-13,12-17)16(19)7-9-18-8-5-14(16)11-18/h13-14,19H,2-11H2,1H3. The molecule has 2 saturated heterocycles. The highest BCUT2D eigenvalue weighted by Crippen LogP contribution is 2.54. The van der Waals surface area contributed by atoms with E-state index in [9.17, 15) is 10.4 Å². The lowest BCUT2D eigenvalue weighted by atomic mass is 9.56. The lowest BCUT2D eigenvalue weighted by Gasteiger charge is -2.52. The molecule has 0 aromatic rings. The molecule has 0 aromatic carbocycles. The number of hydrogen-bond donors (Lipinski definition) is 1. The topological polar surface area (TPSA) is 47.3 Å². The number of hydrogen-bond acceptors (Lipinski definition) is 3. The van der Waals surface area contributed by atoms with Crippen LogP contribution in [0.1, 0.15) is 51.9 Å². The molecule has 106 valence electrons. The van der Waals surface area contributed by atoms with Crippen LogP contribution in [0.25, 0.3) is 0 Å². The highest BCUT2D eigenvalue weighted by atomic mass is 16.3. The molecule has 0 radical (unpaired) electrons. The van der Waals surface area contributed by atoms with Gasteiger partial charge in [-0.3, -0.25) is 0 Å². The van der Waals surface area contributed by atoms with Gasteiger partial charge in [-0.15, -0.1) is 0 Å². The van der Waals surface area contributed by atoms with Crippen molar-refractivity contribution < 1.29 is 5.11 Å². The fraction of sp³-hybridized carbons (Fsp3) is 0.938. The molecule has 0 amide bonds. The van der Waals surface area contributed by atoms with E-state index in [2.05, 4.69) is 17.9 Å². The maximum atomic E-state index is 11.4. The van der Waals surface area contributed by atoms with Crippen LogP contribution in [0.5, 0.6) is 0 Å².